The average molecular weight is 388 g/mol. The summed E-state index contributed by atoms with van der Waals surface area (Å²) in [5, 5.41) is 6.62. The van der Waals surface area contributed by atoms with Gasteiger partial charge in [-0.05, 0) is 36.8 Å². The predicted molar refractivity (Wildman–Crippen MR) is 92.5 cm³/mol. The Labute approximate surface area is 141 Å². The minimum atomic E-state index is -0.165. The summed E-state index contributed by atoms with van der Waals surface area (Å²) < 4.78 is 0.950. The van der Waals surface area contributed by atoms with E-state index >= 15 is 0 Å². The molecule has 3 nitrogen and oxygen atoms in total. The molecule has 2 N–H and O–H groups in total. The normalized spacial score (nSPS) is 10.3. The second-order valence-electron chi connectivity index (χ2n) is 4.47. The van der Waals surface area contributed by atoms with E-state index in [9.17, 15) is 4.79 Å². The fourth-order valence-corrected chi connectivity index (χ4v) is 2.44. The second kappa shape index (κ2) is 7.16. The maximum absolute atomic E-state index is 11.9. The van der Waals surface area contributed by atoms with Crippen LogP contribution in [0.3, 0.4) is 0 Å². The van der Waals surface area contributed by atoms with Crippen LogP contribution in [0.5, 0.6) is 0 Å². The van der Waals surface area contributed by atoms with Crippen molar-refractivity contribution < 1.29 is 4.79 Å². The predicted octanol–water partition coefficient (Wildman–Crippen LogP) is 5.11. The number of carbonyl (C=O) groups excluding carboxylic acids is 1. The molecule has 0 aromatic heterocycles. The molecule has 2 aromatic carbocycles. The maximum Gasteiger partial charge on any atom is 0.243 e. The van der Waals surface area contributed by atoms with Crippen LogP contribution in [0, 0.1) is 6.92 Å². The number of hydrogen-bond donors (Lipinski definition) is 2. The van der Waals surface area contributed by atoms with E-state index in [1.54, 1.807) is 18.2 Å². The summed E-state index contributed by atoms with van der Waals surface area (Å²) in [6, 6.07) is 10.9. The largest absolute Gasteiger partial charge is 0.375 e. The number of halogens is 3. The standard InChI is InChI=1S/C15H13BrCl2N2O/c1-9-5-6-10(7-11(9)16)20-14(21)8-19-13-4-2-3-12(17)15(13)18/h2-7,19H,8H2,1H3,(H,20,21). The van der Waals surface area contributed by atoms with Crippen molar-refractivity contribution in [2.24, 2.45) is 0 Å². The third-order valence-corrected chi connectivity index (χ3v) is 4.52. The Hall–Kier alpha value is -1.23. The highest BCUT2D eigenvalue weighted by atomic mass is 79.9. The Morgan fingerprint density at radius 1 is 1.24 bits per heavy atom. The summed E-state index contributed by atoms with van der Waals surface area (Å²) in [6.07, 6.45) is 0. The van der Waals surface area contributed by atoms with Crippen LogP contribution >= 0.6 is 39.1 Å². The zero-order valence-corrected chi connectivity index (χ0v) is 14.3. The van der Waals surface area contributed by atoms with Gasteiger partial charge in [0.25, 0.3) is 0 Å². The van der Waals surface area contributed by atoms with Crippen LogP contribution in [0.2, 0.25) is 10.0 Å². The van der Waals surface area contributed by atoms with Crippen molar-refractivity contribution in [1.82, 2.24) is 0 Å². The lowest BCUT2D eigenvalue weighted by Crippen LogP contribution is -2.21. The molecule has 0 spiro atoms. The first-order valence-electron chi connectivity index (χ1n) is 6.21. The third kappa shape index (κ3) is 4.37. The Bertz CT molecular complexity index is 677. The van der Waals surface area contributed by atoms with Crippen molar-refractivity contribution >= 4 is 56.4 Å². The van der Waals surface area contributed by atoms with E-state index in [1.807, 2.05) is 25.1 Å². The Kier molecular flexibility index (Phi) is 5.51. The van der Waals surface area contributed by atoms with Crippen molar-refractivity contribution in [1.29, 1.82) is 0 Å². The molecule has 110 valence electrons. The monoisotopic (exact) mass is 386 g/mol. The molecule has 0 saturated carbocycles. The maximum atomic E-state index is 11.9. The van der Waals surface area contributed by atoms with Crippen LogP contribution in [0.15, 0.2) is 40.9 Å². The van der Waals surface area contributed by atoms with Crippen LogP contribution in [0.4, 0.5) is 11.4 Å². The minimum absolute atomic E-state index is 0.103. The quantitative estimate of drug-likeness (QED) is 0.764. The van der Waals surface area contributed by atoms with E-state index in [0.717, 1.165) is 15.7 Å². The Morgan fingerprint density at radius 2 is 2.00 bits per heavy atom. The van der Waals surface area contributed by atoms with Gasteiger partial charge in [0.2, 0.25) is 5.91 Å². The van der Waals surface area contributed by atoms with Gasteiger partial charge < -0.3 is 10.6 Å². The van der Waals surface area contributed by atoms with Crippen LogP contribution in [0.25, 0.3) is 0 Å². The minimum Gasteiger partial charge on any atom is -0.375 e. The van der Waals surface area contributed by atoms with Gasteiger partial charge >= 0.3 is 0 Å². The van der Waals surface area contributed by atoms with Crippen molar-refractivity contribution in [3.8, 4) is 0 Å². The Morgan fingerprint density at radius 3 is 2.71 bits per heavy atom. The van der Waals surface area contributed by atoms with Gasteiger partial charge in [0.1, 0.15) is 0 Å². The summed E-state index contributed by atoms with van der Waals surface area (Å²) in [7, 11) is 0. The van der Waals surface area contributed by atoms with Crippen molar-refractivity contribution in [3.63, 3.8) is 0 Å². The molecule has 0 unspecified atom stereocenters. The SMILES string of the molecule is Cc1ccc(NC(=O)CNc2cccc(Cl)c2Cl)cc1Br. The van der Waals surface area contributed by atoms with Crippen molar-refractivity contribution in [2.45, 2.75) is 6.92 Å². The smallest absolute Gasteiger partial charge is 0.243 e. The number of rotatable bonds is 4. The van der Waals surface area contributed by atoms with Gasteiger partial charge in [0.15, 0.2) is 0 Å². The zero-order chi connectivity index (χ0) is 15.4. The van der Waals surface area contributed by atoms with E-state index < -0.39 is 0 Å². The second-order valence-corrected chi connectivity index (χ2v) is 6.11. The summed E-state index contributed by atoms with van der Waals surface area (Å²) in [5.74, 6) is -0.165. The zero-order valence-electron chi connectivity index (χ0n) is 11.2. The molecule has 0 atom stereocenters. The van der Waals surface area contributed by atoms with Crippen LogP contribution < -0.4 is 10.6 Å². The number of nitrogens with one attached hydrogen (secondary N) is 2. The molecule has 0 bridgehead atoms. The van der Waals surface area contributed by atoms with Gasteiger partial charge in [-0.25, -0.2) is 0 Å². The number of hydrogen-bond acceptors (Lipinski definition) is 2. The first-order chi connectivity index (χ1) is 9.97. The molecule has 0 radical (unpaired) electrons. The van der Waals surface area contributed by atoms with E-state index in [0.29, 0.717) is 15.7 Å². The first-order valence-corrected chi connectivity index (χ1v) is 7.76. The van der Waals surface area contributed by atoms with Crippen LogP contribution in [0.1, 0.15) is 5.56 Å². The van der Waals surface area contributed by atoms with Gasteiger partial charge in [-0.15, -0.1) is 0 Å². The molecule has 6 heteroatoms. The molecular formula is C15H13BrCl2N2O. The van der Waals surface area contributed by atoms with Crippen molar-refractivity contribution in [2.75, 3.05) is 17.2 Å². The summed E-state index contributed by atoms with van der Waals surface area (Å²) >= 11 is 15.4. The van der Waals surface area contributed by atoms with Gasteiger partial charge in [0.05, 0.1) is 22.3 Å². The number of amides is 1. The molecule has 0 aliphatic heterocycles. The highest BCUT2D eigenvalue weighted by Gasteiger charge is 2.07. The van der Waals surface area contributed by atoms with Crippen LogP contribution in [-0.4, -0.2) is 12.5 Å². The topological polar surface area (TPSA) is 41.1 Å². The molecule has 0 heterocycles. The third-order valence-electron chi connectivity index (χ3n) is 2.85. The number of carbonyl (C=O) groups is 1. The van der Waals surface area contributed by atoms with E-state index in [2.05, 4.69) is 26.6 Å². The fourth-order valence-electron chi connectivity index (χ4n) is 1.69. The molecule has 0 fully saturated rings. The Balaban J connectivity index is 1.96. The van der Waals surface area contributed by atoms with Gasteiger partial charge in [-0.1, -0.05) is 51.3 Å². The summed E-state index contributed by atoms with van der Waals surface area (Å²) in [6.45, 7) is 2.09. The van der Waals surface area contributed by atoms with Crippen molar-refractivity contribution in [3.05, 3.63) is 56.5 Å². The lowest BCUT2D eigenvalue weighted by atomic mass is 10.2. The molecule has 0 aliphatic rings. The lowest BCUT2D eigenvalue weighted by molar-refractivity contribution is -0.114. The van der Waals surface area contributed by atoms with Gasteiger partial charge in [-0.2, -0.15) is 0 Å². The molecule has 2 aromatic rings. The van der Waals surface area contributed by atoms with E-state index in [1.165, 1.54) is 0 Å². The van der Waals surface area contributed by atoms with Gasteiger partial charge in [-0.3, -0.25) is 4.79 Å². The lowest BCUT2D eigenvalue weighted by Gasteiger charge is -2.10. The number of aryl methyl sites for hydroxylation is 1. The fraction of sp³-hybridized carbons (Fsp3) is 0.133. The first kappa shape index (κ1) is 16.1. The molecule has 1 amide bonds. The molecule has 0 aliphatic carbocycles. The molecule has 2 rings (SSSR count). The molecule has 21 heavy (non-hydrogen) atoms. The highest BCUT2D eigenvalue weighted by Crippen LogP contribution is 2.29. The van der Waals surface area contributed by atoms with Gasteiger partial charge in [0, 0.05) is 10.2 Å². The number of anilines is 2. The van der Waals surface area contributed by atoms with E-state index in [4.69, 9.17) is 23.2 Å². The summed E-state index contributed by atoms with van der Waals surface area (Å²) in [4.78, 5) is 11.9. The average Bonchev–Trinajstić information content (AvgIpc) is 2.44. The number of benzene rings is 2. The molecule has 0 saturated heterocycles. The molecular weight excluding hydrogens is 375 g/mol. The highest BCUT2D eigenvalue weighted by molar-refractivity contribution is 9.10. The van der Waals surface area contributed by atoms with Crippen LogP contribution in [-0.2, 0) is 4.79 Å². The summed E-state index contributed by atoms with van der Waals surface area (Å²) in [5.41, 5.74) is 2.47. The van der Waals surface area contributed by atoms with E-state index in [-0.39, 0.29) is 12.5 Å².